The summed E-state index contributed by atoms with van der Waals surface area (Å²) in [5, 5.41) is 6.04. The summed E-state index contributed by atoms with van der Waals surface area (Å²) in [6.07, 6.45) is 10.4. The van der Waals surface area contributed by atoms with Gasteiger partial charge in [0.25, 0.3) is 5.91 Å². The average Bonchev–Trinajstić information content (AvgIpc) is 3.64. The molecule has 228 valence electrons. The maximum absolute atomic E-state index is 13.7. The van der Waals surface area contributed by atoms with Crippen LogP contribution in [0.1, 0.15) is 60.0 Å². The van der Waals surface area contributed by atoms with Crippen LogP contribution in [-0.4, -0.2) is 64.4 Å². The first-order valence-electron chi connectivity index (χ1n) is 15.1. The van der Waals surface area contributed by atoms with Gasteiger partial charge in [-0.25, -0.2) is 14.4 Å². The molecule has 4 aromatic rings. The van der Waals surface area contributed by atoms with Crippen molar-refractivity contribution in [1.29, 1.82) is 0 Å². The largest absolute Gasteiger partial charge is 0.486 e. The molecule has 4 heterocycles. The van der Waals surface area contributed by atoms with Crippen molar-refractivity contribution in [2.45, 2.75) is 64.1 Å². The van der Waals surface area contributed by atoms with Gasteiger partial charge in [0.15, 0.2) is 23.1 Å². The molecule has 0 spiro atoms. The van der Waals surface area contributed by atoms with Crippen molar-refractivity contribution >= 4 is 16.9 Å². The number of hydrogen-bond acceptors (Lipinski definition) is 9. The second-order valence-electron chi connectivity index (χ2n) is 10.8. The van der Waals surface area contributed by atoms with E-state index in [0.29, 0.717) is 57.7 Å². The Morgan fingerprint density at radius 1 is 1.07 bits per heavy atom. The highest BCUT2D eigenvalue weighted by atomic mass is 19.1. The number of amides is 1. The fourth-order valence-electron chi connectivity index (χ4n) is 5.55. The number of fused-ring (bicyclic) bond motifs is 2. The van der Waals surface area contributed by atoms with E-state index in [1.807, 2.05) is 12.1 Å². The van der Waals surface area contributed by atoms with E-state index in [4.69, 9.17) is 23.6 Å². The standard InChI is InChI=1S/C31H37FN6O5/c32-22-7-4-10-34-24(22)19-35-31(39)25-20-43-30(37-25)9-12-33-11-8-29-36-23-17-27-28(42-16-15-41-27)18-26(23)38(29)13-14-40-21-5-2-1-3-6-21/h4,7,10,17-18,20-21,33H,1-3,5-6,8-9,11-16,19H2,(H,35,39). The van der Waals surface area contributed by atoms with Crippen molar-refractivity contribution in [2.75, 3.05) is 32.9 Å². The van der Waals surface area contributed by atoms with E-state index in [1.54, 1.807) is 0 Å². The lowest BCUT2D eigenvalue weighted by Gasteiger charge is -2.22. The highest BCUT2D eigenvalue weighted by Gasteiger charge is 2.19. The third kappa shape index (κ3) is 7.31. The molecule has 0 atom stereocenters. The fraction of sp³-hybridized carbons (Fsp3) is 0.484. The van der Waals surface area contributed by atoms with Gasteiger partial charge < -0.3 is 33.8 Å². The normalized spacial score (nSPS) is 15.2. The lowest BCUT2D eigenvalue weighted by molar-refractivity contribution is 0.0242. The molecule has 0 bridgehead atoms. The number of rotatable bonds is 13. The van der Waals surface area contributed by atoms with Gasteiger partial charge in [0.05, 0.1) is 36.0 Å². The minimum atomic E-state index is -0.472. The monoisotopic (exact) mass is 592 g/mol. The van der Waals surface area contributed by atoms with Crippen LogP contribution < -0.4 is 20.1 Å². The molecule has 2 N–H and O–H groups in total. The topological polar surface area (TPSA) is 126 Å². The lowest BCUT2D eigenvalue weighted by Crippen LogP contribution is -2.24. The smallest absolute Gasteiger partial charge is 0.273 e. The number of imidazole rings is 1. The van der Waals surface area contributed by atoms with Gasteiger partial charge in [0, 0.05) is 50.8 Å². The summed E-state index contributed by atoms with van der Waals surface area (Å²) in [4.78, 5) is 25.5. The van der Waals surface area contributed by atoms with E-state index < -0.39 is 11.7 Å². The number of carbonyl (C=O) groups is 1. The Labute approximate surface area is 249 Å². The maximum atomic E-state index is 13.7. The SMILES string of the molecule is O=C(NCc1ncccc1F)c1coc(CCNCCc2nc3cc4c(cc3n2CCOC2CCCCC2)OCCO4)n1. The second-order valence-corrected chi connectivity index (χ2v) is 10.8. The molecule has 11 nitrogen and oxygen atoms in total. The van der Waals surface area contributed by atoms with Crippen molar-refractivity contribution in [2.24, 2.45) is 0 Å². The first-order chi connectivity index (χ1) is 21.1. The van der Waals surface area contributed by atoms with Crippen molar-refractivity contribution in [3.8, 4) is 11.5 Å². The summed E-state index contributed by atoms with van der Waals surface area (Å²) in [6, 6.07) is 6.79. The van der Waals surface area contributed by atoms with E-state index in [2.05, 4.69) is 25.2 Å². The minimum Gasteiger partial charge on any atom is -0.486 e. The summed E-state index contributed by atoms with van der Waals surface area (Å²) < 4.78 is 39.3. The molecule has 0 radical (unpaired) electrons. The Morgan fingerprint density at radius 3 is 2.72 bits per heavy atom. The second kappa shape index (κ2) is 14.0. The molecule has 1 aliphatic heterocycles. The molecule has 0 saturated heterocycles. The molecule has 2 aliphatic rings. The van der Waals surface area contributed by atoms with E-state index in [1.165, 1.54) is 43.9 Å². The van der Waals surface area contributed by atoms with Crippen LogP contribution in [0, 0.1) is 5.82 Å². The van der Waals surface area contributed by atoms with Gasteiger partial charge in [-0.2, -0.15) is 0 Å². The van der Waals surface area contributed by atoms with Crippen molar-refractivity contribution in [1.82, 2.24) is 30.2 Å². The lowest BCUT2D eigenvalue weighted by atomic mass is 9.98. The number of nitrogens with zero attached hydrogens (tertiary/aromatic N) is 4. The number of hydrogen-bond donors (Lipinski definition) is 2. The number of oxazole rings is 1. The maximum Gasteiger partial charge on any atom is 0.273 e. The zero-order chi connectivity index (χ0) is 29.4. The van der Waals surface area contributed by atoms with E-state index in [-0.39, 0.29) is 17.9 Å². The molecule has 0 unspecified atom stereocenters. The number of carbonyl (C=O) groups excluding carboxylic acids is 1. The molecule has 43 heavy (non-hydrogen) atoms. The zero-order valence-corrected chi connectivity index (χ0v) is 24.1. The Bertz CT molecular complexity index is 1530. The molecule has 1 fully saturated rings. The Balaban J connectivity index is 1.01. The Morgan fingerprint density at radius 2 is 1.88 bits per heavy atom. The van der Waals surface area contributed by atoms with Crippen LogP contribution >= 0.6 is 0 Å². The molecule has 3 aromatic heterocycles. The average molecular weight is 593 g/mol. The van der Waals surface area contributed by atoms with Crippen LogP contribution in [0.4, 0.5) is 4.39 Å². The number of benzene rings is 1. The van der Waals surface area contributed by atoms with Crippen LogP contribution in [0.3, 0.4) is 0 Å². The van der Waals surface area contributed by atoms with Crippen LogP contribution in [0.15, 0.2) is 41.1 Å². The van der Waals surface area contributed by atoms with Gasteiger partial charge in [0.2, 0.25) is 0 Å². The third-order valence-electron chi connectivity index (χ3n) is 7.79. The number of ether oxygens (including phenoxy) is 3. The van der Waals surface area contributed by atoms with Crippen molar-refractivity contribution in [3.63, 3.8) is 0 Å². The number of halogens is 1. The molecule has 1 aromatic carbocycles. The third-order valence-corrected chi connectivity index (χ3v) is 7.79. The molecule has 6 rings (SSSR count). The summed E-state index contributed by atoms with van der Waals surface area (Å²) in [7, 11) is 0. The fourth-order valence-corrected chi connectivity index (χ4v) is 5.55. The molecule has 1 saturated carbocycles. The van der Waals surface area contributed by atoms with Crippen LogP contribution in [0.5, 0.6) is 11.5 Å². The van der Waals surface area contributed by atoms with Crippen LogP contribution in [0.25, 0.3) is 11.0 Å². The van der Waals surface area contributed by atoms with E-state index >= 15 is 0 Å². The highest BCUT2D eigenvalue weighted by molar-refractivity contribution is 5.91. The van der Waals surface area contributed by atoms with E-state index in [0.717, 1.165) is 47.7 Å². The molecule has 1 amide bonds. The minimum absolute atomic E-state index is 0.0323. The van der Waals surface area contributed by atoms with Crippen molar-refractivity contribution < 1.29 is 27.8 Å². The summed E-state index contributed by atoms with van der Waals surface area (Å²) >= 11 is 0. The Hall–Kier alpha value is -4.03. The first-order valence-corrected chi connectivity index (χ1v) is 15.1. The van der Waals surface area contributed by atoms with Crippen LogP contribution in [-0.2, 0) is 30.7 Å². The van der Waals surface area contributed by atoms with Gasteiger partial charge in [-0.05, 0) is 25.0 Å². The quantitative estimate of drug-likeness (QED) is 0.222. The summed E-state index contributed by atoms with van der Waals surface area (Å²) in [6.45, 7) is 3.71. The Kier molecular flexibility index (Phi) is 9.43. The van der Waals surface area contributed by atoms with Gasteiger partial charge in [-0.15, -0.1) is 0 Å². The number of nitrogens with one attached hydrogen (secondary N) is 2. The zero-order valence-electron chi connectivity index (χ0n) is 24.1. The predicted octanol–water partition coefficient (Wildman–Crippen LogP) is 3.98. The van der Waals surface area contributed by atoms with E-state index in [9.17, 15) is 9.18 Å². The van der Waals surface area contributed by atoms with Gasteiger partial charge in [0.1, 0.15) is 31.1 Å². The molecule has 12 heteroatoms. The summed E-state index contributed by atoms with van der Waals surface area (Å²) in [5.41, 5.74) is 2.21. The first kappa shape index (κ1) is 29.1. The van der Waals surface area contributed by atoms with Crippen LogP contribution in [0.2, 0.25) is 0 Å². The number of pyridine rings is 1. The van der Waals surface area contributed by atoms with Gasteiger partial charge >= 0.3 is 0 Å². The number of aromatic nitrogens is 4. The van der Waals surface area contributed by atoms with Gasteiger partial charge in [-0.1, -0.05) is 19.3 Å². The van der Waals surface area contributed by atoms with Gasteiger partial charge in [-0.3, -0.25) is 9.78 Å². The summed E-state index contributed by atoms with van der Waals surface area (Å²) in [5.74, 6) is 1.98. The molecular weight excluding hydrogens is 555 g/mol. The molecule has 1 aliphatic carbocycles. The highest BCUT2D eigenvalue weighted by Crippen LogP contribution is 2.35. The molecular formula is C31H37FN6O5. The van der Waals surface area contributed by atoms with Crippen molar-refractivity contribution in [3.05, 3.63) is 65.6 Å². The predicted molar refractivity (Wildman–Crippen MR) is 156 cm³/mol.